The van der Waals surface area contributed by atoms with Crippen LogP contribution in [0.1, 0.15) is 27.2 Å². The molecule has 0 unspecified atom stereocenters. The van der Waals surface area contributed by atoms with Crippen molar-refractivity contribution in [1.82, 2.24) is 0 Å². The summed E-state index contributed by atoms with van der Waals surface area (Å²) in [6, 6.07) is 0. The molecule has 0 radical (unpaired) electrons. The summed E-state index contributed by atoms with van der Waals surface area (Å²) in [5, 5.41) is 0. The van der Waals surface area contributed by atoms with Crippen LogP contribution in [0.2, 0.25) is 0 Å². The molecule has 0 rings (SSSR count). The molecule has 0 heterocycles. The van der Waals surface area contributed by atoms with Crippen molar-refractivity contribution < 1.29 is 0 Å². The predicted molar refractivity (Wildman–Crippen MR) is 50.1 cm³/mol. The maximum atomic E-state index is 3.66. The molecule has 0 spiro atoms. The maximum absolute atomic E-state index is 3.66. The zero-order chi connectivity index (χ0) is 8.41. The van der Waals surface area contributed by atoms with Crippen LogP contribution in [0.4, 0.5) is 0 Å². The molecule has 0 bridgehead atoms. The Balaban J connectivity index is 0. The Hall–Kier alpha value is -0.780. The fourth-order valence-corrected chi connectivity index (χ4v) is 0.285. The lowest BCUT2D eigenvalue weighted by Crippen LogP contribution is -1.54. The summed E-state index contributed by atoms with van der Waals surface area (Å²) in [6.07, 6.45) is 6.91. The van der Waals surface area contributed by atoms with Crippen LogP contribution in [0, 0.1) is 0 Å². The number of hydrogen-bond donors (Lipinski definition) is 0. The molecule has 0 heteroatoms. The second-order valence-corrected chi connectivity index (χ2v) is 2.04. The van der Waals surface area contributed by atoms with Crippen LogP contribution in [-0.2, 0) is 0 Å². The highest BCUT2D eigenvalue weighted by Gasteiger charge is 1.63. The minimum absolute atomic E-state index is 1.08. The normalized spacial score (nSPS) is 8.30. The molecule has 0 aliphatic heterocycles. The lowest BCUT2D eigenvalue weighted by molar-refractivity contribution is 1.23. The molecule has 0 fully saturated rings. The Kier molecular flexibility index (Phi) is 13.2. The average Bonchev–Trinajstić information content (AvgIpc) is 1.89. The van der Waals surface area contributed by atoms with E-state index < -0.39 is 0 Å². The van der Waals surface area contributed by atoms with Crippen LogP contribution in [-0.4, -0.2) is 0 Å². The van der Waals surface area contributed by atoms with E-state index in [0.717, 1.165) is 12.0 Å². The van der Waals surface area contributed by atoms with Gasteiger partial charge in [-0.25, -0.2) is 0 Å². The molecule has 0 nitrogen and oxygen atoms in total. The third-order valence-corrected chi connectivity index (χ3v) is 0.740. The van der Waals surface area contributed by atoms with Crippen molar-refractivity contribution >= 4 is 0 Å². The smallest absolute Gasteiger partial charge is 0.0382 e. The van der Waals surface area contributed by atoms with Gasteiger partial charge in [-0.15, -0.1) is 6.58 Å². The molecule has 0 aromatic rings. The molecule has 0 N–H and O–H groups in total. The van der Waals surface area contributed by atoms with Crippen molar-refractivity contribution in [2.75, 3.05) is 0 Å². The number of allylic oxidation sites excluding steroid dienone is 4. The first-order chi connectivity index (χ1) is 4.68. The van der Waals surface area contributed by atoms with E-state index >= 15 is 0 Å². The number of rotatable bonds is 2. The Morgan fingerprint density at radius 1 is 1.50 bits per heavy atom. The van der Waals surface area contributed by atoms with E-state index in [1.807, 2.05) is 32.1 Å². The van der Waals surface area contributed by atoms with Gasteiger partial charge in [0.1, 0.15) is 0 Å². The zero-order valence-corrected chi connectivity index (χ0v) is 7.35. The van der Waals surface area contributed by atoms with Gasteiger partial charge < -0.3 is 0 Å². The summed E-state index contributed by atoms with van der Waals surface area (Å²) in [6.45, 7) is 13.2. The van der Waals surface area contributed by atoms with Crippen LogP contribution >= 0.6 is 0 Å². The summed E-state index contributed by atoms with van der Waals surface area (Å²) in [5.41, 5.74) is 1.11. The van der Waals surface area contributed by atoms with Gasteiger partial charge in [-0.05, 0) is 20.3 Å². The Labute approximate surface area is 65.0 Å². The molecule has 0 aliphatic carbocycles. The highest BCUT2D eigenvalue weighted by Crippen LogP contribution is 1.85. The Bertz CT molecular complexity index is 107. The van der Waals surface area contributed by atoms with E-state index in [2.05, 4.69) is 20.1 Å². The molecular weight excluding hydrogens is 120 g/mol. The van der Waals surface area contributed by atoms with E-state index in [-0.39, 0.29) is 0 Å². The highest BCUT2D eigenvalue weighted by molar-refractivity contribution is 5.09. The van der Waals surface area contributed by atoms with Gasteiger partial charge in [0.15, 0.2) is 0 Å². The van der Waals surface area contributed by atoms with Gasteiger partial charge in [0, 0.05) is 0 Å². The first-order valence-corrected chi connectivity index (χ1v) is 3.58. The summed E-state index contributed by atoms with van der Waals surface area (Å²) in [4.78, 5) is 0. The molecule has 0 amide bonds. The van der Waals surface area contributed by atoms with Crippen molar-refractivity contribution in [1.29, 1.82) is 0 Å². The van der Waals surface area contributed by atoms with Crippen molar-refractivity contribution in [3.05, 3.63) is 37.0 Å². The van der Waals surface area contributed by atoms with Crippen LogP contribution in [0.25, 0.3) is 0 Å². The van der Waals surface area contributed by atoms with Gasteiger partial charge in [0.2, 0.25) is 0 Å². The first-order valence-electron chi connectivity index (χ1n) is 3.58. The molecule has 0 aromatic carbocycles. The SMILES string of the molecule is C=C(C)/C=C\C.C=CCC. The fourth-order valence-electron chi connectivity index (χ4n) is 0.285. The lowest BCUT2D eigenvalue weighted by atomic mass is 10.3. The summed E-state index contributed by atoms with van der Waals surface area (Å²) in [5.74, 6) is 0. The number of hydrogen-bond acceptors (Lipinski definition) is 0. The lowest BCUT2D eigenvalue weighted by Gasteiger charge is -1.75. The quantitative estimate of drug-likeness (QED) is 0.403. The van der Waals surface area contributed by atoms with Crippen LogP contribution < -0.4 is 0 Å². The molecule has 0 aliphatic rings. The molecule has 0 aromatic heterocycles. The van der Waals surface area contributed by atoms with Crippen molar-refractivity contribution in [2.45, 2.75) is 27.2 Å². The monoisotopic (exact) mass is 138 g/mol. The zero-order valence-electron chi connectivity index (χ0n) is 7.35. The van der Waals surface area contributed by atoms with Gasteiger partial charge in [-0.2, -0.15) is 0 Å². The first kappa shape index (κ1) is 12.0. The largest absolute Gasteiger partial charge is 0.103 e. The third kappa shape index (κ3) is 26.9. The minimum atomic E-state index is 1.08. The Morgan fingerprint density at radius 3 is 1.90 bits per heavy atom. The van der Waals surface area contributed by atoms with E-state index in [1.54, 1.807) is 0 Å². The second-order valence-electron chi connectivity index (χ2n) is 2.04. The van der Waals surface area contributed by atoms with E-state index in [9.17, 15) is 0 Å². The summed E-state index contributed by atoms with van der Waals surface area (Å²) < 4.78 is 0. The minimum Gasteiger partial charge on any atom is -0.103 e. The van der Waals surface area contributed by atoms with Gasteiger partial charge in [0.25, 0.3) is 0 Å². The molecule has 0 saturated carbocycles. The molecular formula is C10H18. The summed E-state index contributed by atoms with van der Waals surface area (Å²) >= 11 is 0. The molecule has 0 atom stereocenters. The van der Waals surface area contributed by atoms with Gasteiger partial charge in [-0.1, -0.05) is 37.3 Å². The topological polar surface area (TPSA) is 0 Å². The molecule has 58 valence electrons. The van der Waals surface area contributed by atoms with Crippen LogP contribution in [0.5, 0.6) is 0 Å². The van der Waals surface area contributed by atoms with Crippen LogP contribution in [0.3, 0.4) is 0 Å². The molecule has 0 saturated heterocycles. The maximum Gasteiger partial charge on any atom is -0.0382 e. The second kappa shape index (κ2) is 11.1. The van der Waals surface area contributed by atoms with E-state index in [1.165, 1.54) is 0 Å². The highest BCUT2D eigenvalue weighted by atomic mass is 13.7. The van der Waals surface area contributed by atoms with Gasteiger partial charge in [0.05, 0.1) is 0 Å². The van der Waals surface area contributed by atoms with Crippen LogP contribution in [0.15, 0.2) is 37.0 Å². The predicted octanol–water partition coefficient (Wildman–Crippen LogP) is 3.72. The van der Waals surface area contributed by atoms with Crippen molar-refractivity contribution in [3.63, 3.8) is 0 Å². The van der Waals surface area contributed by atoms with Gasteiger partial charge in [-0.3, -0.25) is 0 Å². The van der Waals surface area contributed by atoms with Crippen molar-refractivity contribution in [2.24, 2.45) is 0 Å². The molecule has 10 heavy (non-hydrogen) atoms. The van der Waals surface area contributed by atoms with Gasteiger partial charge >= 0.3 is 0 Å². The standard InChI is InChI=1S/C6H10.C4H8/c1-4-5-6(2)3;1-3-4-2/h4-5H,2H2,1,3H3;3H,1,4H2,2H3/b5-4-;. The third-order valence-electron chi connectivity index (χ3n) is 0.740. The average molecular weight is 138 g/mol. The summed E-state index contributed by atoms with van der Waals surface area (Å²) in [7, 11) is 0. The van der Waals surface area contributed by atoms with Crippen molar-refractivity contribution in [3.8, 4) is 0 Å². The Morgan fingerprint density at radius 2 is 1.90 bits per heavy atom. The van der Waals surface area contributed by atoms with E-state index in [4.69, 9.17) is 0 Å². The van der Waals surface area contributed by atoms with E-state index in [0.29, 0.717) is 0 Å². The fraction of sp³-hybridized carbons (Fsp3) is 0.400.